The number of morpholine rings is 1. The monoisotopic (exact) mass is 400 g/mol. The quantitative estimate of drug-likeness (QED) is 0.794. The average Bonchev–Trinajstić information content (AvgIpc) is 3.04. The summed E-state index contributed by atoms with van der Waals surface area (Å²) in [6.45, 7) is 6.10. The largest absolute Gasteiger partial charge is 0.378 e. The van der Waals surface area contributed by atoms with E-state index in [4.69, 9.17) is 4.74 Å². The molecule has 2 aliphatic rings. The van der Waals surface area contributed by atoms with Crippen LogP contribution in [0.4, 0.5) is 5.69 Å². The molecule has 6 nitrogen and oxygen atoms in total. The van der Waals surface area contributed by atoms with E-state index in [1.807, 2.05) is 19.9 Å². The molecule has 1 amide bonds. The summed E-state index contributed by atoms with van der Waals surface area (Å²) in [5.41, 5.74) is 3.16. The zero-order chi connectivity index (χ0) is 19.9. The average molecular weight is 401 g/mol. The van der Waals surface area contributed by atoms with Crippen molar-refractivity contribution in [3.8, 4) is 0 Å². The molecule has 1 atom stereocenters. The third-order valence-electron chi connectivity index (χ3n) is 5.36. The van der Waals surface area contributed by atoms with E-state index in [1.54, 1.807) is 41.3 Å². The van der Waals surface area contributed by atoms with Gasteiger partial charge in [-0.1, -0.05) is 17.7 Å². The molecule has 0 bridgehead atoms. The minimum atomic E-state index is -3.65. The van der Waals surface area contributed by atoms with Crippen molar-refractivity contribution in [3.05, 3.63) is 59.2 Å². The highest BCUT2D eigenvalue weighted by atomic mass is 32.2. The Morgan fingerprint density at radius 2 is 1.75 bits per heavy atom. The number of aryl methyl sites for hydroxylation is 1. The molecule has 0 spiro atoms. The Bertz CT molecular complexity index is 996. The lowest BCUT2D eigenvalue weighted by molar-refractivity contribution is 0.0303. The van der Waals surface area contributed by atoms with E-state index in [2.05, 4.69) is 0 Å². The summed E-state index contributed by atoms with van der Waals surface area (Å²) in [4.78, 5) is 14.8. The molecule has 2 aromatic rings. The molecule has 4 rings (SSSR count). The van der Waals surface area contributed by atoms with Crippen LogP contribution in [0.5, 0.6) is 0 Å². The molecule has 2 aromatic carbocycles. The van der Waals surface area contributed by atoms with Gasteiger partial charge < -0.3 is 9.64 Å². The number of ether oxygens (including phenoxy) is 1. The van der Waals surface area contributed by atoms with Gasteiger partial charge >= 0.3 is 0 Å². The number of rotatable bonds is 3. The van der Waals surface area contributed by atoms with Gasteiger partial charge in [0.15, 0.2) is 0 Å². The Balaban J connectivity index is 1.66. The van der Waals surface area contributed by atoms with Crippen LogP contribution in [0.1, 0.15) is 28.4 Å². The van der Waals surface area contributed by atoms with E-state index < -0.39 is 10.0 Å². The highest BCUT2D eigenvalue weighted by Crippen LogP contribution is 2.37. The van der Waals surface area contributed by atoms with Crippen molar-refractivity contribution in [2.75, 3.05) is 30.6 Å². The number of fused-ring (bicyclic) bond motifs is 1. The van der Waals surface area contributed by atoms with Crippen LogP contribution in [0.3, 0.4) is 0 Å². The third-order valence-corrected chi connectivity index (χ3v) is 7.30. The number of nitrogens with zero attached hydrogens (tertiary/aromatic N) is 2. The number of benzene rings is 2. The summed E-state index contributed by atoms with van der Waals surface area (Å²) < 4.78 is 33.2. The summed E-state index contributed by atoms with van der Waals surface area (Å²) in [5.74, 6) is -0.0291. The van der Waals surface area contributed by atoms with Crippen molar-refractivity contribution < 1.29 is 17.9 Å². The van der Waals surface area contributed by atoms with Gasteiger partial charge in [-0.3, -0.25) is 9.10 Å². The second-order valence-electron chi connectivity index (χ2n) is 7.42. The van der Waals surface area contributed by atoms with Crippen LogP contribution in [0.25, 0.3) is 0 Å². The van der Waals surface area contributed by atoms with E-state index in [9.17, 15) is 13.2 Å². The van der Waals surface area contributed by atoms with Crippen LogP contribution >= 0.6 is 0 Å². The summed E-state index contributed by atoms with van der Waals surface area (Å²) in [6, 6.07) is 12.0. The zero-order valence-corrected chi connectivity index (χ0v) is 16.9. The molecule has 1 fully saturated rings. The van der Waals surface area contributed by atoms with E-state index in [0.29, 0.717) is 44.0 Å². The van der Waals surface area contributed by atoms with Gasteiger partial charge in [-0.05, 0) is 56.2 Å². The Kier molecular flexibility index (Phi) is 4.89. The normalized spacial score (nSPS) is 19.6. The number of hydrogen-bond donors (Lipinski definition) is 0. The molecule has 1 saturated heterocycles. The lowest BCUT2D eigenvalue weighted by Gasteiger charge is -2.27. The first kappa shape index (κ1) is 19.0. The number of hydrogen-bond acceptors (Lipinski definition) is 4. The van der Waals surface area contributed by atoms with Gasteiger partial charge in [0, 0.05) is 24.7 Å². The lowest BCUT2D eigenvalue weighted by Crippen LogP contribution is -2.40. The van der Waals surface area contributed by atoms with Crippen molar-refractivity contribution in [2.45, 2.75) is 31.2 Å². The summed E-state index contributed by atoms with van der Waals surface area (Å²) in [5, 5.41) is 0. The SMILES string of the molecule is Cc1ccc(S(=O)(=O)N2c3ccc(C(=O)N4CCOCC4)cc3C[C@@H]2C)cc1. The van der Waals surface area contributed by atoms with E-state index >= 15 is 0 Å². The topological polar surface area (TPSA) is 66.9 Å². The van der Waals surface area contributed by atoms with E-state index in [0.717, 1.165) is 11.1 Å². The van der Waals surface area contributed by atoms with Gasteiger partial charge in [0.05, 0.1) is 23.8 Å². The number of sulfonamides is 1. The third kappa shape index (κ3) is 3.29. The Hall–Kier alpha value is -2.38. The molecule has 2 aliphatic heterocycles. The lowest BCUT2D eigenvalue weighted by atomic mass is 10.1. The first-order valence-electron chi connectivity index (χ1n) is 9.49. The number of anilines is 1. The fourth-order valence-electron chi connectivity index (χ4n) is 3.87. The molecule has 2 heterocycles. The maximum absolute atomic E-state index is 13.2. The van der Waals surface area contributed by atoms with Gasteiger partial charge in [-0.25, -0.2) is 8.42 Å². The van der Waals surface area contributed by atoms with Crippen LogP contribution in [0, 0.1) is 6.92 Å². The molecular formula is C21H24N2O4S. The van der Waals surface area contributed by atoms with Crippen molar-refractivity contribution >= 4 is 21.6 Å². The highest BCUT2D eigenvalue weighted by molar-refractivity contribution is 7.92. The maximum atomic E-state index is 13.2. The van der Waals surface area contributed by atoms with Gasteiger partial charge in [-0.2, -0.15) is 0 Å². The molecule has 0 radical (unpaired) electrons. The number of carbonyl (C=O) groups is 1. The Morgan fingerprint density at radius 3 is 2.43 bits per heavy atom. The van der Waals surface area contributed by atoms with Gasteiger partial charge in [0.2, 0.25) is 0 Å². The number of carbonyl (C=O) groups excluding carboxylic acids is 1. The minimum Gasteiger partial charge on any atom is -0.378 e. The van der Waals surface area contributed by atoms with E-state index in [1.165, 1.54) is 4.31 Å². The van der Waals surface area contributed by atoms with Gasteiger partial charge in [0.25, 0.3) is 15.9 Å². The van der Waals surface area contributed by atoms with Crippen molar-refractivity contribution in [3.63, 3.8) is 0 Å². The maximum Gasteiger partial charge on any atom is 0.264 e. The minimum absolute atomic E-state index is 0.0291. The molecule has 0 unspecified atom stereocenters. The first-order chi connectivity index (χ1) is 13.4. The second kappa shape index (κ2) is 7.22. The summed E-state index contributed by atoms with van der Waals surface area (Å²) in [7, 11) is -3.65. The van der Waals surface area contributed by atoms with Gasteiger partial charge in [0.1, 0.15) is 0 Å². The van der Waals surface area contributed by atoms with E-state index in [-0.39, 0.29) is 16.8 Å². The molecule has 0 aliphatic carbocycles. The fourth-order valence-corrected chi connectivity index (χ4v) is 5.57. The Labute approximate surface area is 165 Å². The van der Waals surface area contributed by atoms with Crippen LogP contribution in [-0.2, 0) is 21.2 Å². The van der Waals surface area contributed by atoms with Crippen LogP contribution in [-0.4, -0.2) is 51.6 Å². The van der Waals surface area contributed by atoms with Gasteiger partial charge in [-0.15, -0.1) is 0 Å². The summed E-state index contributed by atoms with van der Waals surface area (Å²) >= 11 is 0. The molecule has 0 aromatic heterocycles. The fraction of sp³-hybridized carbons (Fsp3) is 0.381. The van der Waals surface area contributed by atoms with Crippen molar-refractivity contribution in [1.29, 1.82) is 0 Å². The first-order valence-corrected chi connectivity index (χ1v) is 10.9. The van der Waals surface area contributed by atoms with Crippen LogP contribution in [0.2, 0.25) is 0 Å². The Morgan fingerprint density at radius 1 is 1.07 bits per heavy atom. The summed E-state index contributed by atoms with van der Waals surface area (Å²) in [6.07, 6.45) is 0.588. The number of amides is 1. The second-order valence-corrected chi connectivity index (χ2v) is 9.23. The standard InChI is InChI=1S/C21H24N2O4S/c1-15-3-6-19(7-4-15)28(25,26)23-16(2)13-18-14-17(5-8-20(18)23)21(24)22-9-11-27-12-10-22/h3-8,14,16H,9-13H2,1-2H3/t16-/m0/s1. The smallest absolute Gasteiger partial charge is 0.264 e. The van der Waals surface area contributed by atoms with Crippen LogP contribution < -0.4 is 4.31 Å². The molecule has 0 saturated carbocycles. The molecule has 7 heteroatoms. The van der Waals surface area contributed by atoms with Crippen LogP contribution in [0.15, 0.2) is 47.4 Å². The molecule has 0 N–H and O–H groups in total. The predicted octanol–water partition coefficient (Wildman–Crippen LogP) is 2.61. The predicted molar refractivity (Wildman–Crippen MR) is 107 cm³/mol. The van der Waals surface area contributed by atoms with Crippen molar-refractivity contribution in [1.82, 2.24) is 4.90 Å². The molecule has 148 valence electrons. The zero-order valence-electron chi connectivity index (χ0n) is 16.1. The molecular weight excluding hydrogens is 376 g/mol. The highest BCUT2D eigenvalue weighted by Gasteiger charge is 2.36. The molecule has 28 heavy (non-hydrogen) atoms. The van der Waals surface area contributed by atoms with Crippen molar-refractivity contribution in [2.24, 2.45) is 0 Å².